The van der Waals surface area contributed by atoms with Gasteiger partial charge in [0.1, 0.15) is 5.75 Å². The SMILES string of the molecule is CC(C)Oc1ccc(NC(N)=NCC2(c3cccc(C(F)(F)F)c3)CCOCC2)cc1. The standard InChI is InChI=1S/C23H28F3N3O2/c1-16(2)31-20-8-6-19(7-9-20)29-21(27)28-15-22(10-12-30-13-11-22)17-4-3-5-18(14-17)23(24,25)26/h3-9,14,16H,10-13,15H2,1-2H3,(H3,27,28,29). The van der Waals surface area contributed by atoms with Gasteiger partial charge in [0, 0.05) is 24.3 Å². The summed E-state index contributed by atoms with van der Waals surface area (Å²) in [7, 11) is 0. The Morgan fingerprint density at radius 1 is 1.16 bits per heavy atom. The smallest absolute Gasteiger partial charge is 0.416 e. The number of halogens is 3. The van der Waals surface area contributed by atoms with Gasteiger partial charge in [-0.25, -0.2) is 0 Å². The van der Waals surface area contributed by atoms with Crippen LogP contribution < -0.4 is 15.8 Å². The van der Waals surface area contributed by atoms with Crippen LogP contribution in [0.4, 0.5) is 18.9 Å². The number of anilines is 1. The lowest BCUT2D eigenvalue weighted by molar-refractivity contribution is -0.137. The van der Waals surface area contributed by atoms with E-state index in [9.17, 15) is 13.2 Å². The van der Waals surface area contributed by atoms with Gasteiger partial charge in [0.2, 0.25) is 0 Å². The molecule has 3 N–H and O–H groups in total. The molecule has 0 amide bonds. The lowest BCUT2D eigenvalue weighted by Crippen LogP contribution is -2.38. The molecule has 1 heterocycles. The van der Waals surface area contributed by atoms with Crippen LogP contribution in [0.1, 0.15) is 37.8 Å². The van der Waals surface area contributed by atoms with E-state index < -0.39 is 17.2 Å². The van der Waals surface area contributed by atoms with E-state index in [1.54, 1.807) is 6.07 Å². The number of alkyl halides is 3. The fourth-order valence-electron chi connectivity index (χ4n) is 3.64. The minimum absolute atomic E-state index is 0.0805. The van der Waals surface area contributed by atoms with E-state index in [2.05, 4.69) is 10.3 Å². The molecule has 0 aromatic heterocycles. The fourth-order valence-corrected chi connectivity index (χ4v) is 3.64. The number of aliphatic imine (C=N–C) groups is 1. The van der Waals surface area contributed by atoms with Crippen molar-refractivity contribution in [3.05, 3.63) is 59.7 Å². The maximum Gasteiger partial charge on any atom is 0.416 e. The molecule has 1 saturated heterocycles. The van der Waals surface area contributed by atoms with Gasteiger partial charge in [-0.2, -0.15) is 13.2 Å². The van der Waals surface area contributed by atoms with Gasteiger partial charge in [-0.15, -0.1) is 0 Å². The number of rotatable bonds is 6. The third kappa shape index (κ3) is 6.13. The maximum absolute atomic E-state index is 13.2. The Kier molecular flexibility index (Phi) is 7.10. The van der Waals surface area contributed by atoms with Crippen molar-refractivity contribution in [3.63, 3.8) is 0 Å². The van der Waals surface area contributed by atoms with Crippen LogP contribution in [0.3, 0.4) is 0 Å². The number of benzene rings is 2. The molecule has 1 aliphatic rings. The highest BCUT2D eigenvalue weighted by atomic mass is 19.4. The molecule has 0 bridgehead atoms. The molecule has 0 aliphatic carbocycles. The zero-order chi connectivity index (χ0) is 22.5. The van der Waals surface area contributed by atoms with E-state index in [4.69, 9.17) is 15.2 Å². The number of nitrogens with two attached hydrogens (primary N) is 1. The van der Waals surface area contributed by atoms with E-state index in [0.29, 0.717) is 31.6 Å². The fraction of sp³-hybridized carbons (Fsp3) is 0.435. The number of hydrogen-bond acceptors (Lipinski definition) is 3. The zero-order valence-corrected chi connectivity index (χ0v) is 17.7. The summed E-state index contributed by atoms with van der Waals surface area (Å²) in [6.07, 6.45) is -3.16. The number of hydrogen-bond donors (Lipinski definition) is 2. The lowest BCUT2D eigenvalue weighted by Gasteiger charge is -2.37. The van der Waals surface area contributed by atoms with Gasteiger partial charge < -0.3 is 20.5 Å². The largest absolute Gasteiger partial charge is 0.491 e. The normalized spacial score (nSPS) is 16.9. The van der Waals surface area contributed by atoms with Crippen LogP contribution >= 0.6 is 0 Å². The van der Waals surface area contributed by atoms with Crippen LogP contribution in [0.5, 0.6) is 5.75 Å². The van der Waals surface area contributed by atoms with Crippen molar-refractivity contribution in [1.29, 1.82) is 0 Å². The third-order valence-electron chi connectivity index (χ3n) is 5.30. The molecule has 0 unspecified atom stereocenters. The Bertz CT molecular complexity index is 890. The quantitative estimate of drug-likeness (QED) is 0.497. The first kappa shape index (κ1) is 22.9. The van der Waals surface area contributed by atoms with E-state index >= 15 is 0 Å². The van der Waals surface area contributed by atoms with Crippen molar-refractivity contribution in [2.75, 3.05) is 25.1 Å². The van der Waals surface area contributed by atoms with Crippen LogP contribution in [-0.4, -0.2) is 31.8 Å². The average molecular weight is 435 g/mol. The van der Waals surface area contributed by atoms with Gasteiger partial charge in [-0.3, -0.25) is 4.99 Å². The van der Waals surface area contributed by atoms with E-state index in [1.165, 1.54) is 12.1 Å². The van der Waals surface area contributed by atoms with Gasteiger partial charge in [0.05, 0.1) is 18.2 Å². The molecule has 8 heteroatoms. The van der Waals surface area contributed by atoms with Crippen LogP contribution in [0.2, 0.25) is 0 Å². The highest BCUT2D eigenvalue weighted by Crippen LogP contribution is 2.38. The molecule has 31 heavy (non-hydrogen) atoms. The van der Waals surface area contributed by atoms with Crippen LogP contribution in [0, 0.1) is 0 Å². The molecule has 1 aliphatic heterocycles. The summed E-state index contributed by atoms with van der Waals surface area (Å²) < 4.78 is 50.7. The summed E-state index contributed by atoms with van der Waals surface area (Å²) in [5, 5.41) is 3.03. The lowest BCUT2D eigenvalue weighted by atomic mass is 9.74. The highest BCUT2D eigenvalue weighted by Gasteiger charge is 2.37. The summed E-state index contributed by atoms with van der Waals surface area (Å²) >= 11 is 0. The molecule has 3 rings (SSSR count). The Morgan fingerprint density at radius 2 is 1.84 bits per heavy atom. The molecule has 1 fully saturated rings. The molecular formula is C23H28F3N3O2. The number of nitrogens with zero attached hydrogens (tertiary/aromatic N) is 1. The summed E-state index contributed by atoms with van der Waals surface area (Å²) in [5.41, 5.74) is 6.22. The Hall–Kier alpha value is -2.74. The van der Waals surface area contributed by atoms with Crippen LogP contribution in [-0.2, 0) is 16.3 Å². The summed E-state index contributed by atoms with van der Waals surface area (Å²) in [6.45, 7) is 5.11. The predicted molar refractivity (Wildman–Crippen MR) is 115 cm³/mol. The summed E-state index contributed by atoms with van der Waals surface area (Å²) in [4.78, 5) is 4.47. The molecule has 0 spiro atoms. The second kappa shape index (κ2) is 9.60. The number of nitrogens with one attached hydrogen (secondary N) is 1. The summed E-state index contributed by atoms with van der Waals surface area (Å²) in [6, 6.07) is 12.8. The van der Waals surface area contributed by atoms with Gasteiger partial charge in [-0.1, -0.05) is 18.2 Å². The van der Waals surface area contributed by atoms with Crippen LogP contribution in [0.25, 0.3) is 0 Å². The van der Waals surface area contributed by atoms with E-state index in [1.807, 2.05) is 38.1 Å². The minimum atomic E-state index is -4.39. The van der Waals surface area contributed by atoms with Gasteiger partial charge in [0.15, 0.2) is 5.96 Å². The number of guanidine groups is 1. The first-order valence-corrected chi connectivity index (χ1v) is 10.3. The van der Waals surface area contributed by atoms with Crippen molar-refractivity contribution < 1.29 is 22.6 Å². The van der Waals surface area contributed by atoms with Gasteiger partial charge >= 0.3 is 6.18 Å². The van der Waals surface area contributed by atoms with Crippen LogP contribution in [0.15, 0.2) is 53.5 Å². The molecule has 2 aromatic carbocycles. The minimum Gasteiger partial charge on any atom is -0.491 e. The van der Waals surface area contributed by atoms with E-state index in [0.717, 1.165) is 17.5 Å². The molecule has 2 aromatic rings. The van der Waals surface area contributed by atoms with Gasteiger partial charge in [0.25, 0.3) is 0 Å². The third-order valence-corrected chi connectivity index (χ3v) is 5.30. The molecule has 168 valence electrons. The second-order valence-electron chi connectivity index (χ2n) is 7.99. The second-order valence-corrected chi connectivity index (χ2v) is 7.99. The molecule has 0 saturated carbocycles. The maximum atomic E-state index is 13.2. The molecule has 5 nitrogen and oxygen atoms in total. The Morgan fingerprint density at radius 3 is 2.45 bits per heavy atom. The first-order chi connectivity index (χ1) is 14.7. The van der Waals surface area contributed by atoms with Crippen molar-refractivity contribution in [1.82, 2.24) is 0 Å². The topological polar surface area (TPSA) is 68.9 Å². The van der Waals surface area contributed by atoms with Crippen molar-refractivity contribution in [2.45, 2.75) is 44.4 Å². The average Bonchev–Trinajstić information content (AvgIpc) is 2.73. The molecular weight excluding hydrogens is 407 g/mol. The first-order valence-electron chi connectivity index (χ1n) is 10.3. The van der Waals surface area contributed by atoms with Crippen molar-refractivity contribution >= 4 is 11.6 Å². The zero-order valence-electron chi connectivity index (χ0n) is 17.7. The van der Waals surface area contributed by atoms with E-state index in [-0.39, 0.29) is 18.6 Å². The molecule has 0 atom stereocenters. The number of ether oxygens (including phenoxy) is 2. The monoisotopic (exact) mass is 435 g/mol. The molecule has 0 radical (unpaired) electrons. The van der Waals surface area contributed by atoms with Gasteiger partial charge in [-0.05, 0) is 62.6 Å². The predicted octanol–water partition coefficient (Wildman–Crippen LogP) is 4.97. The highest BCUT2D eigenvalue weighted by molar-refractivity contribution is 5.92. The van der Waals surface area contributed by atoms with Crippen molar-refractivity contribution in [2.24, 2.45) is 10.7 Å². The Balaban J connectivity index is 1.76. The van der Waals surface area contributed by atoms with Crippen molar-refractivity contribution in [3.8, 4) is 5.75 Å². The summed E-state index contributed by atoms with van der Waals surface area (Å²) in [5.74, 6) is 0.956. The Labute approximate surface area is 180 Å².